The summed E-state index contributed by atoms with van der Waals surface area (Å²) in [6, 6.07) is 4.77. The van der Waals surface area contributed by atoms with E-state index in [0.717, 1.165) is 5.56 Å². The zero-order chi connectivity index (χ0) is 16.0. The van der Waals surface area contributed by atoms with Gasteiger partial charge in [0, 0.05) is 18.1 Å². The van der Waals surface area contributed by atoms with Gasteiger partial charge in [-0.3, -0.25) is 0 Å². The Labute approximate surface area is 123 Å². The van der Waals surface area contributed by atoms with Gasteiger partial charge in [-0.2, -0.15) is 8.78 Å². The van der Waals surface area contributed by atoms with Crippen molar-refractivity contribution in [3.63, 3.8) is 0 Å². The van der Waals surface area contributed by atoms with Crippen molar-refractivity contribution in [3.8, 4) is 11.5 Å². The largest absolute Gasteiger partial charge is 0.490 e. The molecule has 0 aliphatic heterocycles. The lowest BCUT2D eigenvalue weighted by Crippen LogP contribution is -2.39. The van der Waals surface area contributed by atoms with Gasteiger partial charge in [0.25, 0.3) is 0 Å². The lowest BCUT2D eigenvalue weighted by molar-refractivity contribution is -0.0514. The van der Waals surface area contributed by atoms with E-state index < -0.39 is 12.2 Å². The molecule has 0 amide bonds. The maximum Gasteiger partial charge on any atom is 0.387 e. The van der Waals surface area contributed by atoms with Crippen LogP contribution in [-0.4, -0.2) is 30.5 Å². The van der Waals surface area contributed by atoms with Crippen LogP contribution in [-0.2, 0) is 0 Å². The normalized spacial score (nSPS) is 13.3. The van der Waals surface area contributed by atoms with E-state index in [1.54, 1.807) is 19.1 Å². The zero-order valence-corrected chi connectivity index (χ0v) is 12.6. The molecule has 1 aromatic carbocycles. The van der Waals surface area contributed by atoms with Crippen molar-refractivity contribution >= 4 is 0 Å². The number of rotatable bonds is 8. The zero-order valence-electron chi connectivity index (χ0n) is 12.6. The van der Waals surface area contributed by atoms with Gasteiger partial charge in [0.05, 0.1) is 6.61 Å². The Morgan fingerprint density at radius 2 is 1.95 bits per heavy atom. The highest BCUT2D eigenvalue weighted by Crippen LogP contribution is 2.36. The molecule has 0 heterocycles. The van der Waals surface area contributed by atoms with Crippen LogP contribution < -0.4 is 15.2 Å². The van der Waals surface area contributed by atoms with E-state index in [2.05, 4.69) is 4.74 Å². The number of halogens is 2. The van der Waals surface area contributed by atoms with Crippen LogP contribution >= 0.6 is 0 Å². The Hall–Kier alpha value is -1.40. The molecule has 0 spiro atoms. The number of hydrogen-bond donors (Lipinski definition) is 2. The van der Waals surface area contributed by atoms with Gasteiger partial charge in [0.1, 0.15) is 0 Å². The molecule has 0 fully saturated rings. The number of alkyl halides is 2. The minimum atomic E-state index is -2.91. The first-order chi connectivity index (χ1) is 9.79. The molecule has 6 heteroatoms. The summed E-state index contributed by atoms with van der Waals surface area (Å²) in [5.41, 5.74) is 6.40. The Kier molecular flexibility index (Phi) is 6.36. The van der Waals surface area contributed by atoms with Crippen LogP contribution in [0.15, 0.2) is 18.2 Å². The van der Waals surface area contributed by atoms with Crippen LogP contribution in [0.5, 0.6) is 11.5 Å². The monoisotopic (exact) mass is 303 g/mol. The number of ether oxygens (including phenoxy) is 2. The van der Waals surface area contributed by atoms with Crippen LogP contribution in [0.4, 0.5) is 8.78 Å². The Bertz CT molecular complexity index is 447. The molecule has 21 heavy (non-hydrogen) atoms. The number of hydrogen-bond acceptors (Lipinski definition) is 4. The maximum atomic E-state index is 12.4. The molecule has 0 aliphatic carbocycles. The highest BCUT2D eigenvalue weighted by molar-refractivity contribution is 5.44. The quantitative estimate of drug-likeness (QED) is 0.775. The van der Waals surface area contributed by atoms with Crippen LogP contribution in [0.2, 0.25) is 0 Å². The first-order valence-corrected chi connectivity index (χ1v) is 6.90. The van der Waals surface area contributed by atoms with E-state index in [1.807, 2.05) is 13.8 Å². The molecular formula is C15H23F2NO3. The molecule has 4 nitrogen and oxygen atoms in total. The minimum Gasteiger partial charge on any atom is -0.490 e. The third-order valence-corrected chi connectivity index (χ3v) is 3.20. The summed E-state index contributed by atoms with van der Waals surface area (Å²) in [6.07, 6.45) is 0.476. The fourth-order valence-electron chi connectivity index (χ4n) is 2.30. The molecule has 1 aromatic rings. The summed E-state index contributed by atoms with van der Waals surface area (Å²) in [7, 11) is 0. The lowest BCUT2D eigenvalue weighted by Gasteiger charge is -2.31. The van der Waals surface area contributed by atoms with Gasteiger partial charge in [-0.05, 0) is 44.9 Å². The van der Waals surface area contributed by atoms with E-state index in [4.69, 9.17) is 10.5 Å². The van der Waals surface area contributed by atoms with Crippen LogP contribution in [0.1, 0.15) is 38.7 Å². The van der Waals surface area contributed by atoms with Gasteiger partial charge >= 0.3 is 6.61 Å². The minimum absolute atomic E-state index is 0.00632. The van der Waals surface area contributed by atoms with E-state index in [-0.39, 0.29) is 24.0 Å². The summed E-state index contributed by atoms with van der Waals surface area (Å²) in [5.74, 6) is 0.123. The lowest BCUT2D eigenvalue weighted by atomic mass is 9.80. The fraction of sp³-hybridized carbons (Fsp3) is 0.600. The summed E-state index contributed by atoms with van der Waals surface area (Å²) in [4.78, 5) is 0. The van der Waals surface area contributed by atoms with Gasteiger partial charge in [-0.15, -0.1) is 0 Å². The molecule has 0 radical (unpaired) electrons. The Morgan fingerprint density at radius 3 is 2.43 bits per heavy atom. The average molecular weight is 303 g/mol. The molecule has 0 bridgehead atoms. The van der Waals surface area contributed by atoms with Crippen LogP contribution in [0, 0.1) is 0 Å². The predicted octanol–water partition coefficient (Wildman–Crippen LogP) is 2.89. The Balaban J connectivity index is 3.15. The smallest absolute Gasteiger partial charge is 0.387 e. The van der Waals surface area contributed by atoms with E-state index in [9.17, 15) is 13.9 Å². The second kappa shape index (κ2) is 7.56. The van der Waals surface area contributed by atoms with E-state index >= 15 is 0 Å². The summed E-state index contributed by atoms with van der Waals surface area (Å²) in [5, 5.41) is 9.20. The van der Waals surface area contributed by atoms with Gasteiger partial charge in [-0.1, -0.05) is 6.07 Å². The van der Waals surface area contributed by atoms with Crippen molar-refractivity contribution in [2.24, 2.45) is 5.73 Å². The standard InChI is InChI=1S/C15H23F2NO3/c1-4-20-13-9-10(5-6-12(13)21-14(16)17)11(7-8-19)15(2,3)18/h5-6,9,11,14,19H,4,7-8,18H2,1-3H3. The third kappa shape index (κ3) is 5.13. The maximum absolute atomic E-state index is 12.4. The molecule has 120 valence electrons. The summed E-state index contributed by atoms with van der Waals surface area (Å²) in [6.45, 7) is 2.89. The third-order valence-electron chi connectivity index (χ3n) is 3.20. The molecule has 1 unspecified atom stereocenters. The summed E-state index contributed by atoms with van der Waals surface area (Å²) >= 11 is 0. The van der Waals surface area contributed by atoms with Crippen molar-refractivity contribution in [2.45, 2.75) is 45.3 Å². The van der Waals surface area contributed by atoms with Gasteiger partial charge in [-0.25, -0.2) is 0 Å². The topological polar surface area (TPSA) is 64.7 Å². The first kappa shape index (κ1) is 17.7. The van der Waals surface area contributed by atoms with Crippen molar-refractivity contribution in [1.29, 1.82) is 0 Å². The molecule has 0 aromatic heterocycles. The summed E-state index contributed by atoms with van der Waals surface area (Å²) < 4.78 is 34.6. The molecule has 0 aliphatic rings. The Morgan fingerprint density at radius 1 is 1.29 bits per heavy atom. The first-order valence-electron chi connectivity index (χ1n) is 6.90. The molecule has 0 saturated heterocycles. The highest BCUT2D eigenvalue weighted by atomic mass is 19.3. The highest BCUT2D eigenvalue weighted by Gasteiger charge is 2.27. The van der Waals surface area contributed by atoms with Gasteiger partial charge in [0.15, 0.2) is 11.5 Å². The van der Waals surface area contributed by atoms with Crippen molar-refractivity contribution in [2.75, 3.05) is 13.2 Å². The van der Waals surface area contributed by atoms with Crippen molar-refractivity contribution < 1.29 is 23.4 Å². The molecule has 3 N–H and O–H groups in total. The molecular weight excluding hydrogens is 280 g/mol. The van der Waals surface area contributed by atoms with Crippen molar-refractivity contribution in [1.82, 2.24) is 0 Å². The fourth-order valence-corrected chi connectivity index (χ4v) is 2.30. The number of aliphatic hydroxyl groups is 1. The molecule has 1 atom stereocenters. The van der Waals surface area contributed by atoms with Crippen LogP contribution in [0.3, 0.4) is 0 Å². The molecule has 1 rings (SSSR count). The number of benzene rings is 1. The van der Waals surface area contributed by atoms with E-state index in [1.165, 1.54) is 6.07 Å². The molecule has 0 saturated carbocycles. The second-order valence-electron chi connectivity index (χ2n) is 5.40. The SMILES string of the molecule is CCOc1cc(C(CCO)C(C)(C)N)ccc1OC(F)F. The second-order valence-corrected chi connectivity index (χ2v) is 5.40. The van der Waals surface area contributed by atoms with Crippen molar-refractivity contribution in [3.05, 3.63) is 23.8 Å². The van der Waals surface area contributed by atoms with E-state index in [0.29, 0.717) is 13.0 Å². The predicted molar refractivity (Wildman–Crippen MR) is 77.0 cm³/mol. The average Bonchev–Trinajstić information content (AvgIpc) is 2.36. The van der Waals surface area contributed by atoms with Gasteiger partial charge < -0.3 is 20.3 Å². The van der Waals surface area contributed by atoms with Gasteiger partial charge in [0.2, 0.25) is 0 Å². The number of nitrogens with two attached hydrogens (primary N) is 1. The van der Waals surface area contributed by atoms with Crippen LogP contribution in [0.25, 0.3) is 0 Å². The number of aliphatic hydroxyl groups excluding tert-OH is 1.